The summed E-state index contributed by atoms with van der Waals surface area (Å²) in [5.41, 5.74) is -0.806. The van der Waals surface area contributed by atoms with E-state index >= 15 is 0 Å². The molecule has 2 nitrogen and oxygen atoms in total. The Bertz CT molecular complexity index is 196. The monoisotopic (exact) mass is 234 g/mol. The molecule has 0 aromatic heterocycles. The maximum Gasteiger partial charge on any atom is 0.0831 e. The zero-order valence-corrected chi connectivity index (χ0v) is 10.0. The Kier molecular flexibility index (Phi) is 3.37. The van der Waals surface area contributed by atoms with E-state index in [9.17, 15) is 10.2 Å². The lowest BCUT2D eigenvalue weighted by atomic mass is 9.70. The summed E-state index contributed by atoms with van der Waals surface area (Å²) in [7, 11) is 0. The van der Waals surface area contributed by atoms with Crippen LogP contribution in [0.25, 0.3) is 0 Å². The second-order valence-corrected chi connectivity index (χ2v) is 6.64. The molecule has 0 radical (unpaired) electrons. The summed E-state index contributed by atoms with van der Waals surface area (Å²) in [6.07, 6.45) is 2.99. The molecule has 0 aromatic carbocycles. The van der Waals surface area contributed by atoms with E-state index in [1.165, 1.54) is 5.75 Å². The van der Waals surface area contributed by atoms with Gasteiger partial charge in [-0.05, 0) is 30.8 Å². The van der Waals surface area contributed by atoms with Gasteiger partial charge in [0, 0.05) is 16.9 Å². The van der Waals surface area contributed by atoms with E-state index in [-0.39, 0.29) is 12.0 Å². The molecule has 82 valence electrons. The Morgan fingerprint density at radius 1 is 1.07 bits per heavy atom. The summed E-state index contributed by atoms with van der Waals surface area (Å²) >= 11 is 3.70. The third-order valence-electron chi connectivity index (χ3n) is 3.61. The first-order chi connectivity index (χ1) is 6.72. The largest absolute Gasteiger partial charge is 0.396 e. The van der Waals surface area contributed by atoms with Gasteiger partial charge in [-0.25, -0.2) is 0 Å². The Hall–Kier alpha value is 0.620. The summed E-state index contributed by atoms with van der Waals surface area (Å²) in [5, 5.41) is 20.2. The predicted octanol–water partition coefficient (Wildman–Crippen LogP) is 1.36. The molecule has 0 bridgehead atoms. The molecule has 2 aliphatic rings. The standard InChI is InChI=1S/C10H18O2S2/c11-6-9(2-1-4-13-7-9)10(12)3-5-14-8-10/h11-12H,1-8H2. The van der Waals surface area contributed by atoms with Gasteiger partial charge in [0.1, 0.15) is 0 Å². The van der Waals surface area contributed by atoms with E-state index in [1.807, 2.05) is 23.5 Å². The van der Waals surface area contributed by atoms with Crippen LogP contribution in [-0.2, 0) is 0 Å². The van der Waals surface area contributed by atoms with Gasteiger partial charge in [-0.2, -0.15) is 23.5 Å². The highest BCUT2D eigenvalue weighted by molar-refractivity contribution is 7.99. The van der Waals surface area contributed by atoms with Crippen molar-refractivity contribution in [2.24, 2.45) is 5.41 Å². The first-order valence-electron chi connectivity index (χ1n) is 5.21. The zero-order chi connectivity index (χ0) is 10.1. The van der Waals surface area contributed by atoms with Gasteiger partial charge in [0.05, 0.1) is 12.2 Å². The Balaban J connectivity index is 2.16. The van der Waals surface area contributed by atoms with E-state index in [1.54, 1.807) is 0 Å². The van der Waals surface area contributed by atoms with E-state index < -0.39 is 5.60 Å². The smallest absolute Gasteiger partial charge is 0.0831 e. The molecule has 2 heterocycles. The molecular weight excluding hydrogens is 216 g/mol. The molecule has 2 atom stereocenters. The number of hydrogen-bond acceptors (Lipinski definition) is 4. The average Bonchev–Trinajstić information content (AvgIpc) is 2.68. The summed E-state index contributed by atoms with van der Waals surface area (Å²) in [6, 6.07) is 0. The van der Waals surface area contributed by atoms with Gasteiger partial charge in [-0.3, -0.25) is 0 Å². The van der Waals surface area contributed by atoms with Crippen molar-refractivity contribution in [3.63, 3.8) is 0 Å². The molecule has 2 N–H and O–H groups in total. The fourth-order valence-corrected chi connectivity index (χ4v) is 5.27. The van der Waals surface area contributed by atoms with Gasteiger partial charge in [0.25, 0.3) is 0 Å². The van der Waals surface area contributed by atoms with E-state index in [0.29, 0.717) is 0 Å². The maximum absolute atomic E-state index is 10.6. The van der Waals surface area contributed by atoms with Crippen LogP contribution in [0.15, 0.2) is 0 Å². The number of hydrogen-bond donors (Lipinski definition) is 2. The third kappa shape index (κ3) is 1.70. The van der Waals surface area contributed by atoms with Gasteiger partial charge >= 0.3 is 0 Å². The molecule has 2 aliphatic heterocycles. The summed E-state index contributed by atoms with van der Waals surface area (Å²) in [4.78, 5) is 0. The predicted molar refractivity (Wildman–Crippen MR) is 63.0 cm³/mol. The quantitative estimate of drug-likeness (QED) is 0.757. The first-order valence-corrected chi connectivity index (χ1v) is 7.52. The molecular formula is C10H18O2S2. The fraction of sp³-hybridized carbons (Fsp3) is 1.00. The third-order valence-corrected chi connectivity index (χ3v) is 6.12. The molecule has 14 heavy (non-hydrogen) atoms. The highest BCUT2D eigenvalue weighted by Crippen LogP contribution is 2.48. The van der Waals surface area contributed by atoms with Crippen molar-refractivity contribution < 1.29 is 10.2 Å². The van der Waals surface area contributed by atoms with Crippen LogP contribution in [0, 0.1) is 5.41 Å². The summed E-state index contributed by atoms with van der Waals surface area (Å²) in [5.74, 6) is 3.97. The SMILES string of the molecule is OCC1(C2(O)CCSC2)CCCSC1. The van der Waals surface area contributed by atoms with Gasteiger partial charge in [-0.15, -0.1) is 0 Å². The molecule has 0 spiro atoms. The molecule has 0 amide bonds. The normalized spacial score (nSPS) is 44.1. The topological polar surface area (TPSA) is 40.5 Å². The van der Waals surface area contributed by atoms with Crippen LogP contribution >= 0.6 is 23.5 Å². The average molecular weight is 234 g/mol. The lowest BCUT2D eigenvalue weighted by molar-refractivity contribution is -0.0840. The lowest BCUT2D eigenvalue weighted by Gasteiger charge is -2.46. The van der Waals surface area contributed by atoms with Crippen molar-refractivity contribution in [2.45, 2.75) is 24.9 Å². The Labute approximate surface area is 93.8 Å². The zero-order valence-electron chi connectivity index (χ0n) is 8.37. The lowest BCUT2D eigenvalue weighted by Crippen LogP contribution is -2.53. The minimum absolute atomic E-state index is 0.150. The van der Waals surface area contributed by atoms with Gasteiger partial charge in [0.2, 0.25) is 0 Å². The van der Waals surface area contributed by atoms with Crippen LogP contribution in [0.4, 0.5) is 0 Å². The highest BCUT2D eigenvalue weighted by Gasteiger charge is 2.52. The van der Waals surface area contributed by atoms with Crippen LogP contribution in [0.2, 0.25) is 0 Å². The van der Waals surface area contributed by atoms with Crippen molar-refractivity contribution in [1.29, 1.82) is 0 Å². The molecule has 0 aromatic rings. The Morgan fingerprint density at radius 2 is 1.86 bits per heavy atom. The summed E-state index contributed by atoms with van der Waals surface area (Å²) in [6.45, 7) is 0.150. The van der Waals surface area contributed by atoms with Crippen LogP contribution in [0.3, 0.4) is 0 Å². The number of aliphatic hydroxyl groups is 2. The minimum atomic E-state index is -0.597. The molecule has 0 aliphatic carbocycles. The summed E-state index contributed by atoms with van der Waals surface area (Å²) < 4.78 is 0. The molecule has 2 fully saturated rings. The van der Waals surface area contributed by atoms with Crippen LogP contribution in [0.5, 0.6) is 0 Å². The Morgan fingerprint density at radius 3 is 2.36 bits per heavy atom. The second-order valence-electron chi connectivity index (χ2n) is 4.43. The van der Waals surface area contributed by atoms with Gasteiger partial charge < -0.3 is 10.2 Å². The van der Waals surface area contributed by atoms with Crippen molar-refractivity contribution in [3.05, 3.63) is 0 Å². The van der Waals surface area contributed by atoms with Crippen molar-refractivity contribution in [3.8, 4) is 0 Å². The van der Waals surface area contributed by atoms with E-state index in [4.69, 9.17) is 0 Å². The van der Waals surface area contributed by atoms with E-state index in [2.05, 4.69) is 0 Å². The van der Waals surface area contributed by atoms with E-state index in [0.717, 1.165) is 36.5 Å². The molecule has 2 unspecified atom stereocenters. The molecule has 4 heteroatoms. The molecule has 2 rings (SSSR count). The van der Waals surface area contributed by atoms with Crippen LogP contribution in [0.1, 0.15) is 19.3 Å². The van der Waals surface area contributed by atoms with Crippen molar-refractivity contribution in [1.82, 2.24) is 0 Å². The first kappa shape index (κ1) is 11.1. The van der Waals surface area contributed by atoms with Gasteiger partial charge in [-0.1, -0.05) is 0 Å². The molecule has 0 saturated carbocycles. The highest BCUT2D eigenvalue weighted by atomic mass is 32.2. The van der Waals surface area contributed by atoms with Crippen molar-refractivity contribution >= 4 is 23.5 Å². The van der Waals surface area contributed by atoms with Crippen LogP contribution < -0.4 is 0 Å². The maximum atomic E-state index is 10.6. The van der Waals surface area contributed by atoms with Crippen LogP contribution in [-0.4, -0.2) is 45.4 Å². The second kappa shape index (κ2) is 4.24. The van der Waals surface area contributed by atoms with Gasteiger partial charge in [0.15, 0.2) is 0 Å². The fourth-order valence-electron chi connectivity index (χ4n) is 2.46. The number of thioether (sulfide) groups is 2. The number of rotatable bonds is 2. The number of aliphatic hydroxyl groups excluding tert-OH is 1. The minimum Gasteiger partial charge on any atom is -0.396 e. The van der Waals surface area contributed by atoms with Crippen molar-refractivity contribution in [2.75, 3.05) is 29.6 Å². The molecule has 2 saturated heterocycles.